The number of halogens is 2. The Morgan fingerprint density at radius 3 is 2.46 bits per heavy atom. The maximum Gasteiger partial charge on any atom is 0.246 e. The Hall–Kier alpha value is -2.30. The average Bonchev–Trinajstić information content (AvgIpc) is 2.54. The van der Waals surface area contributed by atoms with Gasteiger partial charge in [-0.25, -0.2) is 0 Å². The molecule has 0 aliphatic rings. The largest absolute Gasteiger partial charge is 0.333 e. The Labute approximate surface area is 150 Å². The molecule has 4 nitrogen and oxygen atoms in total. The van der Waals surface area contributed by atoms with Crippen molar-refractivity contribution in [2.45, 2.75) is 0 Å². The number of likely N-dealkylation sites (N-methyl/N-ethyl adjacent to an activating group) is 1. The van der Waals surface area contributed by atoms with Crippen molar-refractivity contribution in [1.82, 2.24) is 4.90 Å². The van der Waals surface area contributed by atoms with E-state index in [1.165, 1.54) is 11.0 Å². The van der Waals surface area contributed by atoms with E-state index in [1.54, 1.807) is 55.6 Å². The number of carbonyl (C=O) groups is 2. The summed E-state index contributed by atoms with van der Waals surface area (Å²) in [7, 11) is 1.56. The van der Waals surface area contributed by atoms with E-state index in [1.807, 2.05) is 6.07 Å². The zero-order valence-electron chi connectivity index (χ0n) is 13.0. The van der Waals surface area contributed by atoms with Gasteiger partial charge in [-0.2, -0.15) is 0 Å². The lowest BCUT2D eigenvalue weighted by Gasteiger charge is -2.14. The van der Waals surface area contributed by atoms with Crippen molar-refractivity contribution in [2.75, 3.05) is 18.9 Å². The van der Waals surface area contributed by atoms with E-state index in [-0.39, 0.29) is 18.4 Å². The summed E-state index contributed by atoms with van der Waals surface area (Å²) in [5.41, 5.74) is 1.44. The number of amides is 2. The number of hydrogen-bond acceptors (Lipinski definition) is 2. The van der Waals surface area contributed by atoms with Gasteiger partial charge in [0.1, 0.15) is 0 Å². The zero-order chi connectivity index (χ0) is 17.5. The molecule has 0 heterocycles. The average molecular weight is 363 g/mol. The van der Waals surface area contributed by atoms with E-state index < -0.39 is 0 Å². The van der Waals surface area contributed by atoms with Crippen molar-refractivity contribution >= 4 is 46.8 Å². The second kappa shape index (κ2) is 8.52. The number of hydrogen-bond donors (Lipinski definition) is 1. The molecule has 6 heteroatoms. The molecule has 0 spiro atoms. The minimum atomic E-state index is -0.288. The van der Waals surface area contributed by atoms with Gasteiger partial charge in [-0.15, -0.1) is 0 Å². The number of benzene rings is 2. The van der Waals surface area contributed by atoms with Gasteiger partial charge in [0.05, 0.1) is 6.54 Å². The molecular weight excluding hydrogens is 347 g/mol. The van der Waals surface area contributed by atoms with Crippen LogP contribution in [0, 0.1) is 0 Å². The lowest BCUT2D eigenvalue weighted by Crippen LogP contribution is -2.33. The standard InChI is InChI=1S/C18H16Cl2N2O2/c1-22(12-17(23)21-16-8-6-14(19)7-9-16)18(24)10-5-13-3-2-4-15(20)11-13/h2-11H,12H2,1H3,(H,21,23)/b10-5+. The molecule has 1 N–H and O–H groups in total. The van der Waals surface area contributed by atoms with E-state index >= 15 is 0 Å². The minimum absolute atomic E-state index is 0.0542. The third kappa shape index (κ3) is 5.72. The predicted molar refractivity (Wildman–Crippen MR) is 98.2 cm³/mol. The molecule has 0 radical (unpaired) electrons. The van der Waals surface area contributed by atoms with Crippen LogP contribution in [0.1, 0.15) is 5.56 Å². The molecular formula is C18H16Cl2N2O2. The first kappa shape index (κ1) is 18.0. The van der Waals surface area contributed by atoms with Gasteiger partial charge in [-0.1, -0.05) is 35.3 Å². The van der Waals surface area contributed by atoms with Crippen LogP contribution in [-0.2, 0) is 9.59 Å². The Balaban J connectivity index is 1.88. The topological polar surface area (TPSA) is 49.4 Å². The highest BCUT2D eigenvalue weighted by Crippen LogP contribution is 2.13. The molecule has 0 aliphatic carbocycles. The number of anilines is 1. The predicted octanol–water partition coefficient (Wildman–Crippen LogP) is 4.10. The van der Waals surface area contributed by atoms with Crippen LogP contribution in [-0.4, -0.2) is 30.3 Å². The molecule has 0 aliphatic heterocycles. The van der Waals surface area contributed by atoms with Crippen molar-refractivity contribution in [3.63, 3.8) is 0 Å². The van der Waals surface area contributed by atoms with Crippen LogP contribution in [0.5, 0.6) is 0 Å². The maximum atomic E-state index is 12.0. The molecule has 2 rings (SSSR count). The quantitative estimate of drug-likeness (QED) is 0.813. The van der Waals surface area contributed by atoms with Gasteiger partial charge in [-0.05, 0) is 48.0 Å². The normalized spacial score (nSPS) is 10.6. The Morgan fingerprint density at radius 2 is 1.79 bits per heavy atom. The highest BCUT2D eigenvalue weighted by molar-refractivity contribution is 6.31. The van der Waals surface area contributed by atoms with Gasteiger partial charge in [0.15, 0.2) is 0 Å². The first-order valence-electron chi connectivity index (χ1n) is 7.18. The highest BCUT2D eigenvalue weighted by Gasteiger charge is 2.10. The molecule has 0 unspecified atom stereocenters. The summed E-state index contributed by atoms with van der Waals surface area (Å²) in [5, 5.41) is 3.89. The van der Waals surface area contributed by atoms with E-state index in [2.05, 4.69) is 5.32 Å². The van der Waals surface area contributed by atoms with Gasteiger partial charge in [0.25, 0.3) is 0 Å². The molecule has 0 atom stereocenters. The molecule has 0 saturated heterocycles. The Kier molecular flexibility index (Phi) is 6.41. The van der Waals surface area contributed by atoms with Crippen molar-refractivity contribution in [1.29, 1.82) is 0 Å². The molecule has 2 aromatic rings. The Bertz CT molecular complexity index is 758. The molecule has 2 amide bonds. The third-order valence-corrected chi connectivity index (χ3v) is 3.64. The van der Waals surface area contributed by atoms with Gasteiger partial charge in [0.2, 0.25) is 11.8 Å². The maximum absolute atomic E-state index is 12.0. The van der Waals surface area contributed by atoms with Crippen LogP contribution >= 0.6 is 23.2 Å². The smallest absolute Gasteiger partial charge is 0.246 e. The number of rotatable bonds is 5. The molecule has 0 aromatic heterocycles. The number of carbonyl (C=O) groups excluding carboxylic acids is 2. The first-order chi connectivity index (χ1) is 11.4. The summed E-state index contributed by atoms with van der Waals surface area (Å²) < 4.78 is 0. The summed E-state index contributed by atoms with van der Waals surface area (Å²) in [6, 6.07) is 13.9. The van der Waals surface area contributed by atoms with E-state index in [4.69, 9.17) is 23.2 Å². The van der Waals surface area contributed by atoms with Crippen LogP contribution in [0.2, 0.25) is 10.0 Å². The van der Waals surface area contributed by atoms with Crippen molar-refractivity contribution in [2.24, 2.45) is 0 Å². The van der Waals surface area contributed by atoms with Crippen LogP contribution in [0.4, 0.5) is 5.69 Å². The molecule has 0 saturated carbocycles. The van der Waals surface area contributed by atoms with Crippen LogP contribution in [0.25, 0.3) is 6.08 Å². The molecule has 124 valence electrons. The second-order valence-electron chi connectivity index (χ2n) is 5.14. The van der Waals surface area contributed by atoms with E-state index in [0.717, 1.165) is 5.56 Å². The SMILES string of the molecule is CN(CC(=O)Nc1ccc(Cl)cc1)C(=O)/C=C/c1cccc(Cl)c1. The summed E-state index contributed by atoms with van der Waals surface area (Å²) in [5.74, 6) is -0.564. The van der Waals surface area contributed by atoms with Crippen molar-refractivity contribution < 1.29 is 9.59 Å². The lowest BCUT2D eigenvalue weighted by atomic mass is 10.2. The molecule has 24 heavy (non-hydrogen) atoms. The van der Waals surface area contributed by atoms with Crippen LogP contribution in [0.15, 0.2) is 54.6 Å². The summed E-state index contributed by atoms with van der Waals surface area (Å²) >= 11 is 11.7. The monoisotopic (exact) mass is 362 g/mol. The van der Waals surface area contributed by atoms with E-state index in [0.29, 0.717) is 15.7 Å². The number of nitrogens with zero attached hydrogens (tertiary/aromatic N) is 1. The fourth-order valence-corrected chi connectivity index (χ4v) is 2.26. The third-order valence-electron chi connectivity index (χ3n) is 3.15. The fraction of sp³-hybridized carbons (Fsp3) is 0.111. The molecule has 2 aromatic carbocycles. The van der Waals surface area contributed by atoms with Gasteiger partial charge < -0.3 is 10.2 Å². The van der Waals surface area contributed by atoms with Crippen molar-refractivity contribution in [3.8, 4) is 0 Å². The van der Waals surface area contributed by atoms with Crippen LogP contribution in [0.3, 0.4) is 0 Å². The molecule has 0 fully saturated rings. The summed E-state index contributed by atoms with van der Waals surface area (Å²) in [6.45, 7) is -0.0542. The first-order valence-corrected chi connectivity index (χ1v) is 7.94. The van der Waals surface area contributed by atoms with E-state index in [9.17, 15) is 9.59 Å². The minimum Gasteiger partial charge on any atom is -0.333 e. The van der Waals surface area contributed by atoms with Crippen LogP contribution < -0.4 is 5.32 Å². The lowest BCUT2D eigenvalue weighted by molar-refractivity contribution is -0.129. The highest BCUT2D eigenvalue weighted by atomic mass is 35.5. The van der Waals surface area contributed by atoms with Gasteiger partial charge in [0, 0.05) is 28.9 Å². The van der Waals surface area contributed by atoms with Gasteiger partial charge in [-0.3, -0.25) is 9.59 Å². The summed E-state index contributed by atoms with van der Waals surface area (Å²) in [6.07, 6.45) is 3.06. The second-order valence-corrected chi connectivity index (χ2v) is 6.01. The number of nitrogens with one attached hydrogen (secondary N) is 1. The Morgan fingerprint density at radius 1 is 1.08 bits per heavy atom. The van der Waals surface area contributed by atoms with Crippen molar-refractivity contribution in [3.05, 3.63) is 70.2 Å². The summed E-state index contributed by atoms with van der Waals surface area (Å²) in [4.78, 5) is 25.3. The van der Waals surface area contributed by atoms with Gasteiger partial charge >= 0.3 is 0 Å². The fourth-order valence-electron chi connectivity index (χ4n) is 1.93. The zero-order valence-corrected chi connectivity index (χ0v) is 14.5. The molecule has 0 bridgehead atoms.